The van der Waals surface area contributed by atoms with Crippen LogP contribution in [0.2, 0.25) is 0 Å². The number of aliphatic hydroxyl groups excluding tert-OH is 1. The van der Waals surface area contributed by atoms with E-state index in [1.807, 2.05) is 0 Å². The van der Waals surface area contributed by atoms with E-state index in [1.54, 1.807) is 0 Å². The molecule has 19 heteroatoms. The van der Waals surface area contributed by atoms with Crippen LogP contribution < -0.4 is 0 Å². The smallest absolute Gasteiger partial charge is 0.388 e. The quantitative estimate of drug-likeness (QED) is 0.228. The lowest BCUT2D eigenvalue weighted by Crippen LogP contribution is -2.71. The summed E-state index contributed by atoms with van der Waals surface area (Å²) in [7, 11) is 0. The number of hydrogen-bond acceptors (Lipinski definition) is 1. The first-order valence-electron chi connectivity index (χ1n) is 7.90. The monoisotopic (exact) mass is 544 g/mol. The van der Waals surface area contributed by atoms with Gasteiger partial charge in [-0.25, -0.2) is 22.0 Å². The zero-order valence-corrected chi connectivity index (χ0v) is 15.4. The third-order valence-electron chi connectivity index (χ3n) is 4.54. The fourth-order valence-corrected chi connectivity index (χ4v) is 2.40. The summed E-state index contributed by atoms with van der Waals surface area (Å²) in [5.41, 5.74) is -2.75. The number of hydrogen-bond donors (Lipinski definition) is 1. The van der Waals surface area contributed by atoms with E-state index >= 15 is 0 Å². The maximum absolute atomic E-state index is 14.0. The van der Waals surface area contributed by atoms with E-state index in [2.05, 4.69) is 0 Å². The van der Waals surface area contributed by atoms with Crippen molar-refractivity contribution in [3.8, 4) is 0 Å². The van der Waals surface area contributed by atoms with Crippen LogP contribution in [0.1, 0.15) is 18.6 Å². The SMILES string of the molecule is CC(C(O)c1c(F)c(F)c(F)c(F)c1F)C(F)(F)C(F)(F)C(F)(F)C(F)(F)C(F)(F)C(F)(F)F. The van der Waals surface area contributed by atoms with Gasteiger partial charge in [0.05, 0.1) is 17.6 Å². The normalized spacial score (nSPS) is 16.6. The number of rotatable bonds is 7. The van der Waals surface area contributed by atoms with E-state index in [4.69, 9.17) is 0 Å². The Kier molecular flexibility index (Phi) is 7.27. The molecule has 1 aromatic rings. The molecule has 0 radical (unpaired) electrons. The predicted octanol–water partition coefficient (Wildman–Crippen LogP) is 6.79. The number of benzene rings is 1. The van der Waals surface area contributed by atoms with Gasteiger partial charge < -0.3 is 5.11 Å². The predicted molar refractivity (Wildman–Crippen MR) is 71.1 cm³/mol. The average Bonchev–Trinajstić information content (AvgIpc) is 2.68. The van der Waals surface area contributed by atoms with E-state index < -0.39 is 89.4 Å². The Labute approximate surface area is 174 Å². The second-order valence-corrected chi connectivity index (χ2v) is 6.64. The summed E-state index contributed by atoms with van der Waals surface area (Å²) in [5, 5.41) is 9.44. The average molecular weight is 544 g/mol. The highest BCUT2D eigenvalue weighted by molar-refractivity contribution is 5.27. The Balaban J connectivity index is 3.68. The van der Waals surface area contributed by atoms with Crippen LogP contribution in [0.15, 0.2) is 0 Å². The maximum atomic E-state index is 14.0. The highest BCUT2D eigenvalue weighted by atomic mass is 19.4. The van der Waals surface area contributed by atoms with Crippen LogP contribution in [0.4, 0.5) is 79.0 Å². The Morgan fingerprint density at radius 1 is 0.500 bits per heavy atom. The first kappa shape index (κ1) is 30.0. The first-order chi connectivity index (χ1) is 14.7. The van der Waals surface area contributed by atoms with Crippen LogP contribution in [-0.4, -0.2) is 40.9 Å². The summed E-state index contributed by atoms with van der Waals surface area (Å²) in [6.07, 6.45) is -11.8. The summed E-state index contributed by atoms with van der Waals surface area (Å²) in [4.78, 5) is 0. The molecule has 0 aliphatic carbocycles. The summed E-state index contributed by atoms with van der Waals surface area (Å²) in [6, 6.07) is 0. The van der Waals surface area contributed by atoms with Crippen LogP contribution >= 0.6 is 0 Å². The molecule has 0 aliphatic rings. The molecule has 0 bridgehead atoms. The lowest BCUT2D eigenvalue weighted by molar-refractivity contribution is -0.444. The molecule has 1 aromatic carbocycles. The largest absolute Gasteiger partial charge is 0.460 e. The summed E-state index contributed by atoms with van der Waals surface area (Å²) < 4.78 is 237. The lowest BCUT2D eigenvalue weighted by Gasteiger charge is -2.42. The molecule has 0 aromatic heterocycles. The molecule has 0 spiro atoms. The molecule has 198 valence electrons. The second kappa shape index (κ2) is 8.25. The minimum absolute atomic E-state index is 0.618. The van der Waals surface area contributed by atoms with Gasteiger partial charge in [-0.2, -0.15) is 57.1 Å². The first-order valence-corrected chi connectivity index (χ1v) is 7.90. The van der Waals surface area contributed by atoms with Crippen molar-refractivity contribution < 1.29 is 84.1 Å². The molecule has 1 N–H and O–H groups in total. The topological polar surface area (TPSA) is 20.2 Å². The van der Waals surface area contributed by atoms with Crippen molar-refractivity contribution in [1.29, 1.82) is 0 Å². The molecular weight excluding hydrogens is 538 g/mol. The van der Waals surface area contributed by atoms with Crippen molar-refractivity contribution in [3.05, 3.63) is 34.6 Å². The van der Waals surface area contributed by atoms with Crippen molar-refractivity contribution in [2.75, 3.05) is 0 Å². The molecule has 34 heavy (non-hydrogen) atoms. The number of alkyl halides is 13. The van der Waals surface area contributed by atoms with Crippen LogP contribution in [0.5, 0.6) is 0 Å². The molecule has 0 saturated heterocycles. The molecule has 0 fully saturated rings. The van der Waals surface area contributed by atoms with Gasteiger partial charge in [-0.05, 0) is 0 Å². The van der Waals surface area contributed by atoms with Gasteiger partial charge in [-0.3, -0.25) is 0 Å². The summed E-state index contributed by atoms with van der Waals surface area (Å²) in [6.45, 7) is -0.618. The second-order valence-electron chi connectivity index (χ2n) is 6.64. The third kappa shape index (κ3) is 3.82. The standard InChI is InChI=1S/C15H6F18O/c1-2(9(34)3-4(16)6(18)8(20)7(19)5(3)17)10(21,22)11(23,24)12(25,26)13(27,28)14(29,30)15(31,32)33/h2,9,34H,1H3. The lowest BCUT2D eigenvalue weighted by atomic mass is 9.83. The van der Waals surface area contributed by atoms with E-state index in [0.717, 1.165) is 0 Å². The third-order valence-corrected chi connectivity index (χ3v) is 4.54. The highest BCUT2D eigenvalue weighted by Gasteiger charge is 2.91. The molecular formula is C15H6F18O. The Hall–Kier alpha value is -2.08. The van der Waals surface area contributed by atoms with Crippen LogP contribution in [0, 0.1) is 35.0 Å². The molecule has 1 rings (SSSR count). The van der Waals surface area contributed by atoms with Gasteiger partial charge in [0.25, 0.3) is 0 Å². The molecule has 1 nitrogen and oxygen atoms in total. The van der Waals surface area contributed by atoms with Crippen molar-refractivity contribution in [2.45, 2.75) is 48.8 Å². The summed E-state index contributed by atoms with van der Waals surface area (Å²) in [5.74, 6) is -59.2. The van der Waals surface area contributed by atoms with Crippen molar-refractivity contribution in [3.63, 3.8) is 0 Å². The van der Waals surface area contributed by atoms with E-state index in [-0.39, 0.29) is 0 Å². The Morgan fingerprint density at radius 2 is 0.794 bits per heavy atom. The van der Waals surface area contributed by atoms with Crippen LogP contribution in [0.25, 0.3) is 0 Å². The Bertz CT molecular complexity index is 903. The van der Waals surface area contributed by atoms with Gasteiger partial charge in [0, 0.05) is 0 Å². The molecule has 0 saturated carbocycles. The number of aliphatic hydroxyl groups is 1. The van der Waals surface area contributed by atoms with E-state index in [9.17, 15) is 84.1 Å². The van der Waals surface area contributed by atoms with Crippen LogP contribution in [0.3, 0.4) is 0 Å². The fourth-order valence-electron chi connectivity index (χ4n) is 2.40. The minimum Gasteiger partial charge on any atom is -0.388 e. The van der Waals surface area contributed by atoms with Crippen molar-refractivity contribution in [1.82, 2.24) is 0 Å². The molecule has 0 aliphatic heterocycles. The number of halogens is 18. The molecule has 0 heterocycles. The van der Waals surface area contributed by atoms with Gasteiger partial charge >= 0.3 is 35.8 Å². The van der Waals surface area contributed by atoms with Crippen LogP contribution in [-0.2, 0) is 0 Å². The van der Waals surface area contributed by atoms with Gasteiger partial charge in [-0.15, -0.1) is 0 Å². The maximum Gasteiger partial charge on any atom is 0.460 e. The summed E-state index contributed by atoms with van der Waals surface area (Å²) >= 11 is 0. The van der Waals surface area contributed by atoms with E-state index in [1.165, 1.54) is 0 Å². The van der Waals surface area contributed by atoms with E-state index in [0.29, 0.717) is 0 Å². The molecule has 0 amide bonds. The van der Waals surface area contributed by atoms with Gasteiger partial charge in [-0.1, -0.05) is 6.92 Å². The highest BCUT2D eigenvalue weighted by Crippen LogP contribution is 2.62. The van der Waals surface area contributed by atoms with Crippen molar-refractivity contribution >= 4 is 0 Å². The fraction of sp³-hybridized carbons (Fsp3) is 0.600. The minimum atomic E-state index is -8.29. The zero-order valence-electron chi connectivity index (χ0n) is 15.4. The van der Waals surface area contributed by atoms with Gasteiger partial charge in [0.2, 0.25) is 5.82 Å². The van der Waals surface area contributed by atoms with Gasteiger partial charge in [0.1, 0.15) is 0 Å². The van der Waals surface area contributed by atoms with Crippen molar-refractivity contribution in [2.24, 2.45) is 5.92 Å². The molecule has 2 atom stereocenters. The Morgan fingerprint density at radius 3 is 1.12 bits per heavy atom. The molecule has 2 unspecified atom stereocenters. The zero-order chi connectivity index (χ0) is 27.6. The van der Waals surface area contributed by atoms with Gasteiger partial charge in [0.15, 0.2) is 23.3 Å².